The lowest BCUT2D eigenvalue weighted by atomic mass is 10.3. The fourth-order valence-corrected chi connectivity index (χ4v) is 0.493. The second kappa shape index (κ2) is 4.04. The Morgan fingerprint density at radius 1 is 1.40 bits per heavy atom. The number of methoxy groups -OCH3 is 1. The van der Waals surface area contributed by atoms with Gasteiger partial charge in [0.1, 0.15) is 0 Å². The van der Waals surface area contributed by atoms with E-state index in [1.54, 1.807) is 13.8 Å². The fourth-order valence-electron chi connectivity index (χ4n) is 0.493. The molecule has 0 rings (SSSR count). The average Bonchev–Trinajstić information content (AvgIpc) is 1.90. The second-order valence-electron chi connectivity index (χ2n) is 2.05. The molecule has 0 spiro atoms. The standard InChI is InChI=1S/C7H12FNO/c1-5(2)6(8)7(9-3)10-4/h1-4H3/b9-7+. The summed E-state index contributed by atoms with van der Waals surface area (Å²) in [4.78, 5) is 3.59. The molecule has 0 aromatic carbocycles. The van der Waals surface area contributed by atoms with Crippen LogP contribution >= 0.6 is 0 Å². The number of allylic oxidation sites excluding steroid dienone is 1. The van der Waals surface area contributed by atoms with Gasteiger partial charge in [0.25, 0.3) is 0 Å². The summed E-state index contributed by atoms with van der Waals surface area (Å²) in [6.45, 7) is 3.33. The Morgan fingerprint density at radius 3 is 2.00 bits per heavy atom. The van der Waals surface area contributed by atoms with Gasteiger partial charge in [-0.3, -0.25) is 4.99 Å². The number of hydrogen-bond acceptors (Lipinski definition) is 2. The number of hydrogen-bond donors (Lipinski definition) is 0. The third kappa shape index (κ3) is 2.17. The van der Waals surface area contributed by atoms with E-state index < -0.39 is 0 Å². The molecule has 0 fully saturated rings. The van der Waals surface area contributed by atoms with Crippen LogP contribution in [0.5, 0.6) is 0 Å². The second-order valence-corrected chi connectivity index (χ2v) is 2.05. The zero-order valence-corrected chi connectivity index (χ0v) is 6.73. The van der Waals surface area contributed by atoms with Gasteiger partial charge in [0, 0.05) is 7.05 Å². The molecule has 0 aliphatic carbocycles. The van der Waals surface area contributed by atoms with Gasteiger partial charge >= 0.3 is 0 Å². The van der Waals surface area contributed by atoms with Crippen molar-refractivity contribution in [3.05, 3.63) is 11.4 Å². The largest absolute Gasteiger partial charge is 0.479 e. The molecule has 0 radical (unpaired) electrons. The zero-order valence-electron chi connectivity index (χ0n) is 6.73. The molecule has 0 bridgehead atoms. The lowest BCUT2D eigenvalue weighted by molar-refractivity contribution is 0.388. The lowest BCUT2D eigenvalue weighted by Crippen LogP contribution is -2.02. The maximum absolute atomic E-state index is 12.8. The smallest absolute Gasteiger partial charge is 0.245 e. The molecule has 58 valence electrons. The van der Waals surface area contributed by atoms with Crippen molar-refractivity contribution < 1.29 is 9.13 Å². The highest BCUT2D eigenvalue weighted by Gasteiger charge is 2.05. The van der Waals surface area contributed by atoms with E-state index in [0.29, 0.717) is 5.57 Å². The Morgan fingerprint density at radius 2 is 1.90 bits per heavy atom. The van der Waals surface area contributed by atoms with E-state index in [0.717, 1.165) is 0 Å². The minimum Gasteiger partial charge on any atom is -0.479 e. The van der Waals surface area contributed by atoms with Crippen LogP contribution in [0.1, 0.15) is 13.8 Å². The van der Waals surface area contributed by atoms with Gasteiger partial charge in [-0.25, -0.2) is 4.39 Å². The van der Waals surface area contributed by atoms with Crippen molar-refractivity contribution in [2.24, 2.45) is 4.99 Å². The van der Waals surface area contributed by atoms with Crippen LogP contribution in [0.2, 0.25) is 0 Å². The normalized spacial score (nSPS) is 11.1. The minimum absolute atomic E-state index is 0.0556. The van der Waals surface area contributed by atoms with Gasteiger partial charge in [-0.2, -0.15) is 0 Å². The Hall–Kier alpha value is -0.860. The van der Waals surface area contributed by atoms with E-state index in [2.05, 4.69) is 9.73 Å². The minimum atomic E-state index is -0.384. The van der Waals surface area contributed by atoms with Crippen molar-refractivity contribution in [1.82, 2.24) is 0 Å². The van der Waals surface area contributed by atoms with Gasteiger partial charge in [-0.05, 0) is 19.4 Å². The molecule has 2 nitrogen and oxygen atoms in total. The van der Waals surface area contributed by atoms with Crippen molar-refractivity contribution in [2.75, 3.05) is 14.2 Å². The first-order chi connectivity index (χ1) is 4.63. The van der Waals surface area contributed by atoms with Gasteiger partial charge in [-0.15, -0.1) is 0 Å². The van der Waals surface area contributed by atoms with E-state index in [1.807, 2.05) is 0 Å². The van der Waals surface area contributed by atoms with Gasteiger partial charge < -0.3 is 4.74 Å². The summed E-state index contributed by atoms with van der Waals surface area (Å²) in [5.41, 5.74) is 0.572. The summed E-state index contributed by atoms with van der Waals surface area (Å²) in [5, 5.41) is 0. The highest BCUT2D eigenvalue weighted by atomic mass is 19.1. The predicted octanol–water partition coefficient (Wildman–Crippen LogP) is 1.92. The summed E-state index contributed by atoms with van der Waals surface area (Å²) in [5.74, 6) is -0.329. The van der Waals surface area contributed by atoms with E-state index in [9.17, 15) is 4.39 Å². The molecule has 0 aliphatic rings. The monoisotopic (exact) mass is 145 g/mol. The summed E-state index contributed by atoms with van der Waals surface area (Å²) in [6, 6.07) is 0. The van der Waals surface area contributed by atoms with Crippen molar-refractivity contribution in [3.8, 4) is 0 Å². The lowest BCUT2D eigenvalue weighted by Gasteiger charge is -2.01. The van der Waals surface area contributed by atoms with E-state index in [4.69, 9.17) is 0 Å². The molecule has 0 N–H and O–H groups in total. The summed E-state index contributed by atoms with van der Waals surface area (Å²) < 4.78 is 17.5. The third-order valence-corrected chi connectivity index (χ3v) is 1.02. The molecule has 10 heavy (non-hydrogen) atoms. The molecule has 0 heterocycles. The van der Waals surface area contributed by atoms with Gasteiger partial charge in [0.05, 0.1) is 7.11 Å². The molecule has 0 saturated carbocycles. The van der Waals surface area contributed by atoms with Crippen molar-refractivity contribution >= 4 is 5.90 Å². The molecular formula is C7H12FNO. The van der Waals surface area contributed by atoms with Crippen LogP contribution in [0.15, 0.2) is 16.4 Å². The molecule has 0 atom stereocenters. The first-order valence-electron chi connectivity index (χ1n) is 2.97. The quantitative estimate of drug-likeness (QED) is 0.408. The molecule has 0 unspecified atom stereocenters. The number of rotatable bonds is 1. The Balaban J connectivity index is 4.48. The molecule has 0 aliphatic heterocycles. The summed E-state index contributed by atoms with van der Waals surface area (Å²) in [6.07, 6.45) is 0. The van der Waals surface area contributed by atoms with Gasteiger partial charge in [-0.1, -0.05) is 0 Å². The Bertz CT molecular complexity index is 168. The van der Waals surface area contributed by atoms with Crippen LogP contribution in [0.25, 0.3) is 0 Å². The first-order valence-corrected chi connectivity index (χ1v) is 2.97. The fraction of sp³-hybridized carbons (Fsp3) is 0.571. The number of nitrogens with zero attached hydrogens (tertiary/aromatic N) is 1. The highest BCUT2D eigenvalue weighted by molar-refractivity contribution is 5.91. The summed E-state index contributed by atoms with van der Waals surface area (Å²) in [7, 11) is 2.88. The molecule has 0 amide bonds. The molecule has 0 aromatic rings. The molecular weight excluding hydrogens is 133 g/mol. The number of aliphatic imine (C=N–C) groups is 1. The van der Waals surface area contributed by atoms with Crippen LogP contribution in [0.4, 0.5) is 4.39 Å². The Kier molecular flexibility index (Phi) is 3.69. The van der Waals surface area contributed by atoms with Crippen LogP contribution in [-0.4, -0.2) is 20.1 Å². The van der Waals surface area contributed by atoms with Crippen molar-refractivity contribution in [2.45, 2.75) is 13.8 Å². The van der Waals surface area contributed by atoms with Crippen molar-refractivity contribution in [3.63, 3.8) is 0 Å². The van der Waals surface area contributed by atoms with Crippen LogP contribution in [-0.2, 0) is 4.74 Å². The van der Waals surface area contributed by atoms with Crippen LogP contribution in [0.3, 0.4) is 0 Å². The SMILES string of the molecule is C/N=C(/OC)C(F)=C(C)C. The maximum Gasteiger partial charge on any atom is 0.245 e. The average molecular weight is 145 g/mol. The number of ether oxygens (including phenoxy) is 1. The molecule has 0 saturated heterocycles. The Labute approximate surface area is 60.4 Å². The maximum atomic E-state index is 12.8. The highest BCUT2D eigenvalue weighted by Crippen LogP contribution is 2.07. The summed E-state index contributed by atoms with van der Waals surface area (Å²) >= 11 is 0. The third-order valence-electron chi connectivity index (χ3n) is 1.02. The van der Waals surface area contributed by atoms with Gasteiger partial charge in [0.2, 0.25) is 5.90 Å². The van der Waals surface area contributed by atoms with E-state index in [-0.39, 0.29) is 11.7 Å². The van der Waals surface area contributed by atoms with Crippen molar-refractivity contribution in [1.29, 1.82) is 0 Å². The van der Waals surface area contributed by atoms with E-state index in [1.165, 1.54) is 14.2 Å². The molecule has 3 heteroatoms. The topological polar surface area (TPSA) is 21.6 Å². The first kappa shape index (κ1) is 9.14. The van der Waals surface area contributed by atoms with Crippen LogP contribution < -0.4 is 0 Å². The van der Waals surface area contributed by atoms with Crippen LogP contribution in [0, 0.1) is 0 Å². The predicted molar refractivity (Wildman–Crippen MR) is 39.9 cm³/mol. The van der Waals surface area contributed by atoms with E-state index >= 15 is 0 Å². The van der Waals surface area contributed by atoms with Gasteiger partial charge in [0.15, 0.2) is 5.83 Å². The zero-order chi connectivity index (χ0) is 8.15. The number of halogens is 1. The molecule has 0 aromatic heterocycles.